The maximum Gasteiger partial charge on any atom is 0.348 e. The van der Waals surface area contributed by atoms with Gasteiger partial charge < -0.3 is 83.6 Å². The number of nitrogens with two attached hydrogens (primary N) is 1. The normalized spacial score (nSPS) is 33.3. The number of rotatable bonds is 17. The standard InChI is InChI=1S/C11H20BO7P.C9H14BO7P.C7H13BNO6P/c1-2-4-17-5-6-18-10-9(13)8(19-11(10)12)3-7-20(14,15)16;1-5(11)4-16-8-7(12)6(17-9(8)10)2-3-18(13,14)15;8-7-6(14-3-9)5(10)4(15-7)1-2-16(11,12)13/h3,7-11,13H,2,4-6H2,1H3,(H2,14,15,16);2-3,6-9,12H,4H2,1H3,(H2,13,14,15);1-2,4-7,10H,3,9H2,(H2,11,12,13)/b7-3+;3-2+;2-1+/t8-,9+,10?,11-;6-,7+,8?,9-;4-,5+,6?,7-/m111/s1. The molecular formula is C27H47B3NO20P3. The summed E-state index contributed by atoms with van der Waals surface area (Å²) in [6.45, 7) is 4.23. The number of carbonyl (C=O) groups excluding carboxylic acids is 1. The van der Waals surface area contributed by atoms with E-state index in [1.165, 1.54) is 6.92 Å². The summed E-state index contributed by atoms with van der Waals surface area (Å²) in [5.74, 6) is 1.73. The molecule has 0 aliphatic carbocycles. The molecule has 11 N–H and O–H groups in total. The minimum atomic E-state index is -4.32. The van der Waals surface area contributed by atoms with Gasteiger partial charge in [0.1, 0.15) is 85.1 Å². The molecule has 3 aliphatic rings. The van der Waals surface area contributed by atoms with Crippen LogP contribution in [0.3, 0.4) is 0 Å². The van der Waals surface area contributed by atoms with Crippen LogP contribution < -0.4 is 5.73 Å². The van der Waals surface area contributed by atoms with E-state index in [9.17, 15) is 33.8 Å². The molecule has 0 spiro atoms. The molecule has 54 heavy (non-hydrogen) atoms. The minimum Gasteiger partial charge on any atom is -0.387 e. The van der Waals surface area contributed by atoms with E-state index < -0.39 is 95.7 Å². The highest BCUT2D eigenvalue weighted by Gasteiger charge is 2.42. The molecule has 6 radical (unpaired) electrons. The molecule has 3 fully saturated rings. The third kappa shape index (κ3) is 20.0. The van der Waals surface area contributed by atoms with Crippen molar-refractivity contribution in [2.24, 2.45) is 5.73 Å². The SMILES string of the molecule is [B][C@@H]1O[C@H](/C=C/P(=O)(O)O)[C@H](O)C1OCC(C)=O.[B][C@@H]1O[C@H](/C=C/P(=O)(O)O)[C@H](O)C1OCCOCCC.[B][C@@H]1O[C@H](/C=C/P(=O)(O)O)[C@H](O)C1OCN. The van der Waals surface area contributed by atoms with E-state index in [1.54, 1.807) is 0 Å². The molecule has 3 heterocycles. The largest absolute Gasteiger partial charge is 0.387 e. The molecule has 0 bridgehead atoms. The summed E-state index contributed by atoms with van der Waals surface area (Å²) in [5, 5.41) is 29.4. The van der Waals surface area contributed by atoms with E-state index in [1.807, 2.05) is 6.92 Å². The molecular weight excluding hydrogens is 784 g/mol. The lowest BCUT2D eigenvalue weighted by Crippen LogP contribution is -2.36. The van der Waals surface area contributed by atoms with E-state index in [0.29, 0.717) is 30.7 Å². The number of ether oxygens (including phenoxy) is 7. The molecule has 27 heteroatoms. The summed E-state index contributed by atoms with van der Waals surface area (Å²) in [4.78, 5) is 62.7. The van der Waals surface area contributed by atoms with Gasteiger partial charge in [-0.3, -0.25) is 18.5 Å². The van der Waals surface area contributed by atoms with Crippen molar-refractivity contribution in [3.63, 3.8) is 0 Å². The molecule has 0 aromatic heterocycles. The lowest BCUT2D eigenvalue weighted by Gasteiger charge is -2.18. The van der Waals surface area contributed by atoms with Gasteiger partial charge in [0.15, 0.2) is 5.78 Å². The Morgan fingerprint density at radius 3 is 1.31 bits per heavy atom. The molecule has 3 aliphatic heterocycles. The first kappa shape index (κ1) is 51.1. The topological polar surface area (TPSA) is 341 Å². The van der Waals surface area contributed by atoms with Crippen LogP contribution >= 0.6 is 22.8 Å². The molecule has 304 valence electrons. The highest BCUT2D eigenvalue weighted by atomic mass is 31.2. The summed E-state index contributed by atoms with van der Waals surface area (Å²) in [5.41, 5.74) is 5.13. The molecule has 0 aromatic rings. The van der Waals surface area contributed by atoms with Crippen LogP contribution in [-0.2, 0) is 51.6 Å². The summed E-state index contributed by atoms with van der Waals surface area (Å²) >= 11 is 0. The van der Waals surface area contributed by atoms with Crippen LogP contribution in [0.25, 0.3) is 0 Å². The van der Waals surface area contributed by atoms with E-state index in [4.69, 9.17) is 91.8 Å². The molecule has 21 nitrogen and oxygen atoms in total. The zero-order chi connectivity index (χ0) is 41.4. The Morgan fingerprint density at radius 1 is 0.648 bits per heavy atom. The van der Waals surface area contributed by atoms with E-state index >= 15 is 0 Å². The van der Waals surface area contributed by atoms with E-state index in [0.717, 1.165) is 24.6 Å². The van der Waals surface area contributed by atoms with Crippen LogP contribution in [0.5, 0.6) is 0 Å². The smallest absolute Gasteiger partial charge is 0.348 e. The highest BCUT2D eigenvalue weighted by Crippen LogP contribution is 2.39. The van der Waals surface area contributed by atoms with Gasteiger partial charge in [0.25, 0.3) is 0 Å². The Hall–Kier alpha value is -0.905. The maximum atomic E-state index is 10.7. The number of Topliss-reactive ketones (excluding diaryl/α,β-unsaturated/α-hetero) is 1. The average molecular weight is 831 g/mol. The van der Waals surface area contributed by atoms with Gasteiger partial charge in [0, 0.05) is 42.1 Å². The zero-order valence-electron chi connectivity index (χ0n) is 29.3. The van der Waals surface area contributed by atoms with Gasteiger partial charge in [0.2, 0.25) is 0 Å². The van der Waals surface area contributed by atoms with Crippen LogP contribution in [0.2, 0.25) is 0 Å². The van der Waals surface area contributed by atoms with Crippen molar-refractivity contribution in [3.05, 3.63) is 35.7 Å². The molecule has 0 amide bonds. The first-order valence-corrected chi connectivity index (χ1v) is 21.1. The fraction of sp³-hybridized carbons (Fsp3) is 0.741. The van der Waals surface area contributed by atoms with Crippen LogP contribution in [0.4, 0.5) is 0 Å². The van der Waals surface area contributed by atoms with Gasteiger partial charge >= 0.3 is 22.8 Å². The van der Waals surface area contributed by atoms with Gasteiger partial charge in [-0.15, -0.1) is 0 Å². The summed E-state index contributed by atoms with van der Waals surface area (Å²) in [6, 6.07) is -2.71. The Labute approximate surface area is 315 Å². The maximum absolute atomic E-state index is 10.7. The van der Waals surface area contributed by atoms with Crippen molar-refractivity contribution >= 4 is 52.1 Å². The number of carbonyl (C=O) groups is 1. The third-order valence-corrected chi connectivity index (χ3v) is 8.68. The van der Waals surface area contributed by atoms with Gasteiger partial charge in [-0.25, -0.2) is 0 Å². The first-order valence-electron chi connectivity index (χ1n) is 16.0. The van der Waals surface area contributed by atoms with Crippen molar-refractivity contribution in [1.82, 2.24) is 0 Å². The number of hydrogen-bond acceptors (Lipinski definition) is 15. The number of ketones is 1. The summed E-state index contributed by atoms with van der Waals surface area (Å²) < 4.78 is 67.9. The van der Waals surface area contributed by atoms with E-state index in [2.05, 4.69) is 0 Å². The van der Waals surface area contributed by atoms with Crippen LogP contribution in [0.1, 0.15) is 20.3 Å². The van der Waals surface area contributed by atoms with Crippen LogP contribution in [0, 0.1) is 0 Å². The fourth-order valence-electron chi connectivity index (χ4n) is 4.62. The van der Waals surface area contributed by atoms with Crippen LogP contribution in [-0.4, -0.2) is 180 Å². The second-order valence-corrected chi connectivity index (χ2v) is 16.1. The second-order valence-electron chi connectivity index (χ2n) is 11.7. The lowest BCUT2D eigenvalue weighted by atomic mass is 9.93. The Kier molecular flexibility index (Phi) is 22.8. The van der Waals surface area contributed by atoms with Crippen molar-refractivity contribution in [1.29, 1.82) is 0 Å². The molecule has 3 rings (SSSR count). The molecule has 3 saturated heterocycles. The predicted molar refractivity (Wildman–Crippen MR) is 190 cm³/mol. The molecule has 3 unspecified atom stereocenters. The Balaban J connectivity index is 0.000000408. The van der Waals surface area contributed by atoms with Gasteiger partial charge in [-0.2, -0.15) is 0 Å². The molecule has 12 atom stereocenters. The molecule has 0 saturated carbocycles. The number of hydrogen-bond donors (Lipinski definition) is 10. The summed E-state index contributed by atoms with van der Waals surface area (Å²) in [6.07, 6.45) is -4.58. The van der Waals surface area contributed by atoms with Gasteiger partial charge in [-0.05, 0) is 31.6 Å². The fourth-order valence-corrected chi connectivity index (χ4v) is 5.81. The van der Waals surface area contributed by atoms with E-state index in [-0.39, 0.29) is 25.7 Å². The van der Waals surface area contributed by atoms with Gasteiger partial charge in [-0.1, -0.05) is 6.92 Å². The summed E-state index contributed by atoms with van der Waals surface area (Å²) in [7, 11) is 3.81. The average Bonchev–Trinajstić information content (AvgIpc) is 3.60. The van der Waals surface area contributed by atoms with Gasteiger partial charge in [0.05, 0.1) is 19.9 Å². The number of aliphatic hydroxyl groups is 3. The Morgan fingerprint density at radius 2 is 1.00 bits per heavy atom. The quantitative estimate of drug-likeness (QED) is 0.0300. The first-order chi connectivity index (χ1) is 24.9. The number of aliphatic hydroxyl groups excluding tert-OH is 3. The van der Waals surface area contributed by atoms with Crippen molar-refractivity contribution in [2.75, 3.05) is 33.2 Å². The third-order valence-electron chi connectivity index (χ3n) is 7.00. The molecule has 0 aromatic carbocycles. The van der Waals surface area contributed by atoms with Crippen molar-refractivity contribution in [3.8, 4) is 0 Å². The van der Waals surface area contributed by atoms with Crippen molar-refractivity contribution in [2.45, 2.75) is 93.2 Å². The lowest BCUT2D eigenvalue weighted by molar-refractivity contribution is -0.125. The van der Waals surface area contributed by atoms with Crippen LogP contribution in [0.15, 0.2) is 35.7 Å². The minimum absolute atomic E-state index is 0.131. The predicted octanol–water partition coefficient (Wildman–Crippen LogP) is -3.12. The van der Waals surface area contributed by atoms with Crippen molar-refractivity contribution < 1.29 is 96.3 Å². The zero-order valence-corrected chi connectivity index (χ0v) is 32.0. The second kappa shape index (κ2) is 24.1. The highest BCUT2D eigenvalue weighted by molar-refractivity contribution is 7.55. The monoisotopic (exact) mass is 831 g/mol. The Bertz CT molecular complexity index is 1360.